The van der Waals surface area contributed by atoms with Crippen molar-refractivity contribution in [1.29, 1.82) is 0 Å². The monoisotopic (exact) mass is 342 g/mol. The molecule has 0 aromatic heterocycles. The van der Waals surface area contributed by atoms with Crippen molar-refractivity contribution in [3.8, 4) is 0 Å². The maximum Gasteiger partial charge on any atom is 0.243 e. The molecule has 1 unspecified atom stereocenters. The van der Waals surface area contributed by atoms with Crippen molar-refractivity contribution in [2.24, 2.45) is 0 Å². The first kappa shape index (κ1) is 16.8. The van der Waals surface area contributed by atoms with Crippen molar-refractivity contribution in [2.45, 2.75) is 30.7 Å². The Morgan fingerprint density at radius 3 is 2.74 bits per heavy atom. The second-order valence-corrected chi connectivity index (χ2v) is 8.13. The molecule has 0 N–H and O–H groups in total. The Labute approximate surface area is 137 Å². The van der Waals surface area contributed by atoms with E-state index in [2.05, 4.69) is 4.90 Å². The van der Waals surface area contributed by atoms with Crippen LogP contribution in [0.2, 0.25) is 0 Å². The van der Waals surface area contributed by atoms with E-state index in [1.54, 1.807) is 6.92 Å². The number of hydrogen-bond donors (Lipinski definition) is 0. The van der Waals surface area contributed by atoms with Gasteiger partial charge in [0.05, 0.1) is 11.5 Å². The highest BCUT2D eigenvalue weighted by atomic mass is 32.2. The van der Waals surface area contributed by atoms with E-state index in [0.29, 0.717) is 31.2 Å². The van der Waals surface area contributed by atoms with Gasteiger partial charge in [0.2, 0.25) is 10.0 Å². The smallest absolute Gasteiger partial charge is 0.243 e. The van der Waals surface area contributed by atoms with Gasteiger partial charge in [0.1, 0.15) is 5.82 Å². The number of benzene rings is 1. The maximum atomic E-state index is 13.2. The predicted octanol–water partition coefficient (Wildman–Crippen LogP) is 1.62. The first-order valence-corrected chi connectivity index (χ1v) is 9.50. The largest absolute Gasteiger partial charge is 0.380 e. The number of ether oxygens (including phenoxy) is 1. The molecule has 128 valence electrons. The van der Waals surface area contributed by atoms with E-state index in [1.807, 2.05) is 0 Å². The van der Waals surface area contributed by atoms with Gasteiger partial charge in [-0.25, -0.2) is 12.8 Å². The number of sulfonamides is 1. The molecule has 5 nitrogen and oxygen atoms in total. The molecule has 2 aliphatic heterocycles. The second kappa shape index (κ2) is 6.84. The molecule has 2 fully saturated rings. The lowest BCUT2D eigenvalue weighted by Crippen LogP contribution is -2.39. The molecule has 3 rings (SSSR count). The summed E-state index contributed by atoms with van der Waals surface area (Å²) in [4.78, 5) is 2.54. The van der Waals surface area contributed by atoms with Crippen LogP contribution in [0.4, 0.5) is 4.39 Å². The Balaban J connectivity index is 1.75. The fourth-order valence-corrected chi connectivity index (χ4v) is 5.05. The highest BCUT2D eigenvalue weighted by molar-refractivity contribution is 7.89. The fraction of sp³-hybridized carbons (Fsp3) is 0.625. The molecule has 1 aromatic rings. The highest BCUT2D eigenvalue weighted by Gasteiger charge is 2.31. The van der Waals surface area contributed by atoms with E-state index >= 15 is 0 Å². The summed E-state index contributed by atoms with van der Waals surface area (Å²) in [7, 11) is -3.57. The topological polar surface area (TPSA) is 49.9 Å². The van der Waals surface area contributed by atoms with Crippen LogP contribution in [-0.2, 0) is 14.8 Å². The van der Waals surface area contributed by atoms with Crippen LogP contribution in [-0.4, -0.2) is 63.1 Å². The van der Waals surface area contributed by atoms with E-state index in [0.717, 1.165) is 32.6 Å². The first-order chi connectivity index (χ1) is 11.0. The summed E-state index contributed by atoms with van der Waals surface area (Å²) >= 11 is 0. The van der Waals surface area contributed by atoms with Gasteiger partial charge in [-0.2, -0.15) is 4.31 Å². The van der Waals surface area contributed by atoms with Gasteiger partial charge >= 0.3 is 0 Å². The molecule has 2 saturated heterocycles. The number of halogens is 1. The molecular weight excluding hydrogens is 319 g/mol. The van der Waals surface area contributed by atoms with Crippen molar-refractivity contribution in [2.75, 3.05) is 39.4 Å². The van der Waals surface area contributed by atoms with E-state index < -0.39 is 15.8 Å². The molecule has 23 heavy (non-hydrogen) atoms. The molecule has 1 atom stereocenters. The summed E-state index contributed by atoms with van der Waals surface area (Å²) in [5.74, 6) is -0.412. The van der Waals surface area contributed by atoms with Gasteiger partial charge in [-0.3, -0.25) is 4.90 Å². The van der Waals surface area contributed by atoms with Crippen LogP contribution in [0.1, 0.15) is 18.4 Å². The van der Waals surface area contributed by atoms with Crippen LogP contribution in [0.3, 0.4) is 0 Å². The number of nitrogens with zero attached hydrogens (tertiary/aromatic N) is 2. The lowest BCUT2D eigenvalue weighted by Gasteiger charge is -2.26. The van der Waals surface area contributed by atoms with Gasteiger partial charge in [-0.15, -0.1) is 0 Å². The number of rotatable bonds is 3. The minimum atomic E-state index is -3.57. The lowest BCUT2D eigenvalue weighted by atomic mass is 10.2. The number of aryl methyl sites for hydroxylation is 1. The van der Waals surface area contributed by atoms with Gasteiger partial charge < -0.3 is 4.74 Å². The molecule has 0 aliphatic carbocycles. The third-order valence-electron chi connectivity index (χ3n) is 4.67. The summed E-state index contributed by atoms with van der Waals surface area (Å²) in [5.41, 5.74) is 0.454. The van der Waals surface area contributed by atoms with Crippen molar-refractivity contribution < 1.29 is 17.5 Å². The zero-order valence-electron chi connectivity index (χ0n) is 13.4. The number of hydrogen-bond acceptors (Lipinski definition) is 4. The van der Waals surface area contributed by atoms with Crippen LogP contribution in [0.25, 0.3) is 0 Å². The normalized spacial score (nSPS) is 24.7. The van der Waals surface area contributed by atoms with E-state index in [1.165, 1.54) is 22.5 Å². The maximum absolute atomic E-state index is 13.2. The average Bonchev–Trinajstić information content (AvgIpc) is 2.91. The predicted molar refractivity (Wildman–Crippen MR) is 85.3 cm³/mol. The van der Waals surface area contributed by atoms with Crippen LogP contribution in [0.15, 0.2) is 23.1 Å². The second-order valence-electron chi connectivity index (χ2n) is 6.22. The Kier molecular flexibility index (Phi) is 5.01. The van der Waals surface area contributed by atoms with Crippen molar-refractivity contribution in [3.63, 3.8) is 0 Å². The van der Waals surface area contributed by atoms with Gasteiger partial charge in [0.25, 0.3) is 0 Å². The van der Waals surface area contributed by atoms with Gasteiger partial charge in [0.15, 0.2) is 0 Å². The SMILES string of the molecule is Cc1cc(F)ccc1S(=O)(=O)N1CCCN(C2CCOC2)CC1. The van der Waals surface area contributed by atoms with Crippen LogP contribution in [0.5, 0.6) is 0 Å². The summed E-state index contributed by atoms with van der Waals surface area (Å²) in [6, 6.07) is 4.26. The average molecular weight is 342 g/mol. The zero-order chi connectivity index (χ0) is 16.4. The molecular formula is C16H23FN2O3S. The Hall–Kier alpha value is -1.02. The van der Waals surface area contributed by atoms with Gasteiger partial charge in [0, 0.05) is 32.3 Å². The lowest BCUT2D eigenvalue weighted by molar-refractivity contribution is 0.147. The van der Waals surface area contributed by atoms with Gasteiger partial charge in [-0.1, -0.05) is 0 Å². The first-order valence-electron chi connectivity index (χ1n) is 8.06. The van der Waals surface area contributed by atoms with Crippen LogP contribution in [0, 0.1) is 12.7 Å². The molecule has 7 heteroatoms. The summed E-state index contributed by atoms with van der Waals surface area (Å²) in [6.07, 6.45) is 1.82. The third-order valence-corrected chi connectivity index (χ3v) is 6.73. The fourth-order valence-electron chi connectivity index (χ4n) is 3.37. The molecule has 0 amide bonds. The Morgan fingerprint density at radius 1 is 1.22 bits per heavy atom. The molecule has 0 saturated carbocycles. The van der Waals surface area contributed by atoms with E-state index in [4.69, 9.17) is 4.74 Å². The molecule has 0 radical (unpaired) electrons. The summed E-state index contributed by atoms with van der Waals surface area (Å²) in [6.45, 7) is 5.74. The molecule has 2 aliphatic rings. The Bertz CT molecular complexity index is 659. The van der Waals surface area contributed by atoms with Crippen molar-refractivity contribution in [3.05, 3.63) is 29.6 Å². The van der Waals surface area contributed by atoms with Crippen molar-refractivity contribution in [1.82, 2.24) is 9.21 Å². The van der Waals surface area contributed by atoms with E-state index in [9.17, 15) is 12.8 Å². The standard InChI is InChI=1S/C16H23FN2O3S/c1-13-11-14(17)3-4-16(13)23(20,21)19-7-2-6-18(8-9-19)15-5-10-22-12-15/h3-4,11,15H,2,5-10,12H2,1H3. The quantitative estimate of drug-likeness (QED) is 0.838. The summed E-state index contributed by atoms with van der Waals surface area (Å²) < 4.78 is 45.9. The van der Waals surface area contributed by atoms with Gasteiger partial charge in [-0.05, 0) is 50.1 Å². The highest BCUT2D eigenvalue weighted by Crippen LogP contribution is 2.23. The minimum Gasteiger partial charge on any atom is -0.380 e. The molecule has 1 aromatic carbocycles. The van der Waals surface area contributed by atoms with E-state index in [-0.39, 0.29) is 4.90 Å². The Morgan fingerprint density at radius 2 is 2.04 bits per heavy atom. The molecule has 2 heterocycles. The zero-order valence-corrected chi connectivity index (χ0v) is 14.2. The van der Waals surface area contributed by atoms with Crippen LogP contribution >= 0.6 is 0 Å². The molecule has 0 bridgehead atoms. The summed E-state index contributed by atoms with van der Waals surface area (Å²) in [5, 5.41) is 0. The minimum absolute atomic E-state index is 0.205. The third kappa shape index (κ3) is 3.57. The van der Waals surface area contributed by atoms with Crippen LogP contribution < -0.4 is 0 Å². The van der Waals surface area contributed by atoms with Crippen molar-refractivity contribution >= 4 is 10.0 Å². The molecule has 0 spiro atoms.